The number of aliphatic carboxylic acids is 1. The first-order valence-corrected chi connectivity index (χ1v) is 4.64. The predicted molar refractivity (Wildman–Crippen MR) is 53.0 cm³/mol. The molecule has 1 atom stereocenters. The molecule has 0 spiro atoms. The van der Waals surface area contributed by atoms with Gasteiger partial charge in [0, 0.05) is 6.61 Å². The minimum atomic E-state index is -1.49. The summed E-state index contributed by atoms with van der Waals surface area (Å²) in [4.78, 5) is 11.1. The summed E-state index contributed by atoms with van der Waals surface area (Å²) in [5, 5.41) is 9.06. The zero-order valence-electron chi connectivity index (χ0n) is 8.66. The molecule has 0 fully saturated rings. The van der Waals surface area contributed by atoms with E-state index in [-0.39, 0.29) is 6.61 Å². The van der Waals surface area contributed by atoms with Crippen LogP contribution in [-0.4, -0.2) is 17.7 Å². The van der Waals surface area contributed by atoms with Gasteiger partial charge in [-0.05, 0) is 31.5 Å². The smallest absolute Gasteiger partial charge is 0.340 e. The molecule has 15 heavy (non-hydrogen) atoms. The third-order valence-corrected chi connectivity index (χ3v) is 2.22. The molecule has 82 valence electrons. The van der Waals surface area contributed by atoms with Crippen LogP contribution in [0.15, 0.2) is 24.3 Å². The van der Waals surface area contributed by atoms with Crippen LogP contribution in [0.3, 0.4) is 0 Å². The molecule has 0 aromatic heterocycles. The molecule has 1 rings (SSSR count). The fourth-order valence-corrected chi connectivity index (χ4v) is 1.34. The highest BCUT2D eigenvalue weighted by Gasteiger charge is 2.36. The molecule has 0 aliphatic rings. The van der Waals surface area contributed by atoms with Crippen molar-refractivity contribution >= 4 is 5.97 Å². The first-order chi connectivity index (χ1) is 7.00. The normalized spacial score (nSPS) is 14.6. The third kappa shape index (κ3) is 2.33. The largest absolute Gasteiger partial charge is 0.479 e. The van der Waals surface area contributed by atoms with Crippen LogP contribution in [0.4, 0.5) is 4.39 Å². The van der Waals surface area contributed by atoms with Crippen molar-refractivity contribution in [3.8, 4) is 0 Å². The van der Waals surface area contributed by atoms with Crippen LogP contribution in [0.25, 0.3) is 0 Å². The van der Waals surface area contributed by atoms with Crippen molar-refractivity contribution in [2.24, 2.45) is 0 Å². The van der Waals surface area contributed by atoms with Crippen molar-refractivity contribution in [2.45, 2.75) is 19.4 Å². The molecular weight excluding hydrogens is 199 g/mol. The summed E-state index contributed by atoms with van der Waals surface area (Å²) in [5.74, 6) is -1.60. The van der Waals surface area contributed by atoms with Gasteiger partial charge >= 0.3 is 5.97 Å². The molecule has 1 aromatic carbocycles. The standard InChI is InChI=1S/C11H13FO3/c1-3-15-11(2,10(13)14)8-5-4-6-9(12)7-8/h4-7H,3H2,1-2H3,(H,13,14). The zero-order chi connectivity index (χ0) is 11.5. The van der Waals surface area contributed by atoms with Gasteiger partial charge in [-0.15, -0.1) is 0 Å². The molecule has 0 heterocycles. The first kappa shape index (κ1) is 11.7. The van der Waals surface area contributed by atoms with Gasteiger partial charge < -0.3 is 9.84 Å². The van der Waals surface area contributed by atoms with Gasteiger partial charge in [0.15, 0.2) is 5.60 Å². The molecule has 4 heteroatoms. The topological polar surface area (TPSA) is 46.5 Å². The van der Waals surface area contributed by atoms with E-state index >= 15 is 0 Å². The van der Waals surface area contributed by atoms with E-state index in [1.165, 1.54) is 31.2 Å². The Morgan fingerprint density at radius 2 is 2.27 bits per heavy atom. The molecule has 1 unspecified atom stereocenters. The van der Waals surface area contributed by atoms with Crippen LogP contribution in [0.2, 0.25) is 0 Å². The average molecular weight is 212 g/mol. The highest BCUT2D eigenvalue weighted by Crippen LogP contribution is 2.26. The van der Waals surface area contributed by atoms with Crippen molar-refractivity contribution in [2.75, 3.05) is 6.61 Å². The molecule has 0 aliphatic heterocycles. The maximum absolute atomic E-state index is 13.0. The van der Waals surface area contributed by atoms with Gasteiger partial charge in [-0.3, -0.25) is 0 Å². The lowest BCUT2D eigenvalue weighted by molar-refractivity contribution is -0.164. The van der Waals surface area contributed by atoms with Crippen LogP contribution in [-0.2, 0) is 15.1 Å². The summed E-state index contributed by atoms with van der Waals surface area (Å²) >= 11 is 0. The summed E-state index contributed by atoms with van der Waals surface area (Å²) in [6.07, 6.45) is 0. The van der Waals surface area contributed by atoms with E-state index in [9.17, 15) is 9.18 Å². The summed E-state index contributed by atoms with van der Waals surface area (Å²) in [6, 6.07) is 5.43. The van der Waals surface area contributed by atoms with Gasteiger partial charge in [0.05, 0.1) is 0 Å². The van der Waals surface area contributed by atoms with Gasteiger partial charge in [0.1, 0.15) is 5.82 Å². The van der Waals surface area contributed by atoms with Crippen molar-refractivity contribution in [3.63, 3.8) is 0 Å². The molecule has 1 aromatic rings. The van der Waals surface area contributed by atoms with E-state index in [1.807, 2.05) is 0 Å². The van der Waals surface area contributed by atoms with Crippen molar-refractivity contribution in [3.05, 3.63) is 35.6 Å². The second kappa shape index (κ2) is 4.40. The Morgan fingerprint density at radius 1 is 1.60 bits per heavy atom. The minimum absolute atomic E-state index is 0.249. The molecule has 0 amide bonds. The van der Waals surface area contributed by atoms with Crippen molar-refractivity contribution in [1.82, 2.24) is 0 Å². The van der Waals surface area contributed by atoms with E-state index in [4.69, 9.17) is 9.84 Å². The first-order valence-electron chi connectivity index (χ1n) is 4.64. The Balaban J connectivity index is 3.15. The molecular formula is C11H13FO3. The lowest BCUT2D eigenvalue weighted by atomic mass is 9.96. The zero-order valence-corrected chi connectivity index (χ0v) is 8.66. The van der Waals surface area contributed by atoms with Crippen LogP contribution in [0, 0.1) is 5.82 Å². The minimum Gasteiger partial charge on any atom is -0.479 e. The number of hydrogen-bond acceptors (Lipinski definition) is 2. The molecule has 1 N–H and O–H groups in total. The number of halogens is 1. The fourth-order valence-electron chi connectivity index (χ4n) is 1.34. The lowest BCUT2D eigenvalue weighted by Crippen LogP contribution is -2.35. The quantitative estimate of drug-likeness (QED) is 0.831. The van der Waals surface area contributed by atoms with Crippen molar-refractivity contribution in [1.29, 1.82) is 0 Å². The van der Waals surface area contributed by atoms with Gasteiger partial charge in [-0.2, -0.15) is 0 Å². The highest BCUT2D eigenvalue weighted by molar-refractivity contribution is 5.78. The number of carbonyl (C=O) groups is 1. The molecule has 3 nitrogen and oxygen atoms in total. The maximum Gasteiger partial charge on any atom is 0.340 e. The van der Waals surface area contributed by atoms with Crippen LogP contribution in [0.5, 0.6) is 0 Å². The van der Waals surface area contributed by atoms with Gasteiger partial charge in [0.2, 0.25) is 0 Å². The monoisotopic (exact) mass is 212 g/mol. The number of ether oxygens (including phenoxy) is 1. The summed E-state index contributed by atoms with van der Waals surface area (Å²) in [6.45, 7) is 3.35. The van der Waals surface area contributed by atoms with E-state index in [2.05, 4.69) is 0 Å². The van der Waals surface area contributed by atoms with Gasteiger partial charge in [-0.1, -0.05) is 12.1 Å². The Morgan fingerprint density at radius 3 is 2.73 bits per heavy atom. The molecule has 0 bridgehead atoms. The molecule has 0 saturated heterocycles. The van der Waals surface area contributed by atoms with E-state index < -0.39 is 17.4 Å². The van der Waals surface area contributed by atoms with Crippen LogP contribution < -0.4 is 0 Å². The average Bonchev–Trinajstić information content (AvgIpc) is 2.17. The maximum atomic E-state index is 13.0. The molecule has 0 radical (unpaired) electrons. The van der Waals surface area contributed by atoms with Crippen molar-refractivity contribution < 1.29 is 19.0 Å². The fraction of sp³-hybridized carbons (Fsp3) is 0.364. The third-order valence-electron chi connectivity index (χ3n) is 2.22. The predicted octanol–water partition coefficient (Wildman–Crippen LogP) is 2.16. The molecule has 0 aliphatic carbocycles. The number of hydrogen-bond donors (Lipinski definition) is 1. The van der Waals surface area contributed by atoms with Gasteiger partial charge in [-0.25, -0.2) is 9.18 Å². The number of rotatable bonds is 4. The SMILES string of the molecule is CCOC(C)(C(=O)O)c1cccc(F)c1. The molecule has 0 saturated carbocycles. The summed E-state index contributed by atoms with van der Waals surface area (Å²) < 4.78 is 18.1. The Kier molecular flexibility index (Phi) is 3.42. The van der Waals surface area contributed by atoms with E-state index in [1.54, 1.807) is 6.92 Å². The second-order valence-corrected chi connectivity index (χ2v) is 3.28. The summed E-state index contributed by atoms with van der Waals surface area (Å²) in [7, 11) is 0. The van der Waals surface area contributed by atoms with Crippen LogP contribution >= 0.6 is 0 Å². The number of carboxylic acid groups (broad SMARTS) is 1. The van der Waals surface area contributed by atoms with E-state index in [0.717, 1.165) is 0 Å². The van der Waals surface area contributed by atoms with E-state index in [0.29, 0.717) is 5.56 Å². The van der Waals surface area contributed by atoms with Crippen LogP contribution in [0.1, 0.15) is 19.4 Å². The Labute approximate surface area is 87.5 Å². The number of carboxylic acids is 1. The Bertz CT molecular complexity index is 365. The highest BCUT2D eigenvalue weighted by atomic mass is 19.1. The van der Waals surface area contributed by atoms with Gasteiger partial charge in [0.25, 0.3) is 0 Å². The summed E-state index contributed by atoms with van der Waals surface area (Å²) in [5.41, 5.74) is -1.19. The Hall–Kier alpha value is -1.42. The number of benzene rings is 1. The second-order valence-electron chi connectivity index (χ2n) is 3.28. The lowest BCUT2D eigenvalue weighted by Gasteiger charge is -2.25.